The van der Waals surface area contributed by atoms with Crippen LogP contribution in [0.1, 0.15) is 16.1 Å². The number of rotatable bonds is 4. The lowest BCUT2D eigenvalue weighted by Crippen LogP contribution is -2.02. The third-order valence-electron chi connectivity index (χ3n) is 3.87. The number of aromatic hydroxyl groups is 3. The molecule has 2 aromatic heterocycles. The van der Waals surface area contributed by atoms with Crippen molar-refractivity contribution in [2.45, 2.75) is 0 Å². The van der Waals surface area contributed by atoms with E-state index >= 15 is 0 Å². The third-order valence-corrected chi connectivity index (χ3v) is 4.63. The molecule has 8 heteroatoms. The molecule has 0 atom stereocenters. The lowest BCUT2D eigenvalue weighted by Gasteiger charge is -2.04. The van der Waals surface area contributed by atoms with Gasteiger partial charge >= 0.3 is 0 Å². The SMILES string of the molecule is O=C(c1cc(O)c(O)c(O)c1)c1csc(Nc2ccc3[nH]ccc3c2)n1. The Labute approximate surface area is 151 Å². The Kier molecular flexibility index (Phi) is 3.74. The van der Waals surface area contributed by atoms with Gasteiger partial charge in [-0.15, -0.1) is 11.3 Å². The van der Waals surface area contributed by atoms with Crippen molar-refractivity contribution in [2.24, 2.45) is 0 Å². The van der Waals surface area contributed by atoms with E-state index in [4.69, 9.17) is 0 Å². The van der Waals surface area contributed by atoms with Gasteiger partial charge in [0.1, 0.15) is 5.69 Å². The van der Waals surface area contributed by atoms with Crippen molar-refractivity contribution in [3.63, 3.8) is 0 Å². The molecular weight excluding hydrogens is 354 g/mol. The number of fused-ring (bicyclic) bond motifs is 1. The molecule has 2 heterocycles. The molecule has 0 saturated heterocycles. The molecule has 0 aliphatic carbocycles. The Hall–Kier alpha value is -3.52. The Balaban J connectivity index is 1.58. The van der Waals surface area contributed by atoms with Crippen molar-refractivity contribution in [3.8, 4) is 17.2 Å². The number of thiazole rings is 1. The van der Waals surface area contributed by atoms with Crippen LogP contribution in [-0.4, -0.2) is 31.1 Å². The number of H-pyrrole nitrogens is 1. The highest BCUT2D eigenvalue weighted by atomic mass is 32.1. The summed E-state index contributed by atoms with van der Waals surface area (Å²) in [6, 6.07) is 9.94. The average Bonchev–Trinajstić information content (AvgIpc) is 3.27. The van der Waals surface area contributed by atoms with Crippen molar-refractivity contribution in [2.75, 3.05) is 5.32 Å². The molecule has 7 nitrogen and oxygen atoms in total. The molecule has 0 aliphatic heterocycles. The van der Waals surface area contributed by atoms with E-state index in [0.717, 1.165) is 28.7 Å². The van der Waals surface area contributed by atoms with Gasteiger partial charge < -0.3 is 25.6 Å². The number of nitrogens with one attached hydrogen (secondary N) is 2. The Morgan fingerprint density at radius 1 is 1.08 bits per heavy atom. The first-order valence-electron chi connectivity index (χ1n) is 7.60. The zero-order valence-corrected chi connectivity index (χ0v) is 14.0. The zero-order valence-electron chi connectivity index (χ0n) is 13.2. The van der Waals surface area contributed by atoms with E-state index in [9.17, 15) is 20.1 Å². The maximum atomic E-state index is 12.5. The summed E-state index contributed by atoms with van der Waals surface area (Å²) in [6.07, 6.45) is 1.86. The highest BCUT2D eigenvalue weighted by Gasteiger charge is 2.17. The summed E-state index contributed by atoms with van der Waals surface area (Å²) in [5.74, 6) is -2.27. The van der Waals surface area contributed by atoms with Crippen LogP contribution in [0.2, 0.25) is 0 Å². The van der Waals surface area contributed by atoms with Crippen molar-refractivity contribution in [1.29, 1.82) is 0 Å². The Bertz CT molecular complexity index is 1110. The minimum atomic E-state index is -0.665. The van der Waals surface area contributed by atoms with E-state index in [1.807, 2.05) is 30.5 Å². The molecule has 0 saturated carbocycles. The third kappa shape index (κ3) is 2.82. The van der Waals surface area contributed by atoms with E-state index in [2.05, 4.69) is 15.3 Å². The van der Waals surface area contributed by atoms with Crippen molar-refractivity contribution in [1.82, 2.24) is 9.97 Å². The second-order valence-corrected chi connectivity index (χ2v) is 6.49. The fraction of sp³-hybridized carbons (Fsp3) is 0. The van der Waals surface area contributed by atoms with Gasteiger partial charge in [0.25, 0.3) is 0 Å². The molecule has 0 spiro atoms. The predicted octanol–water partition coefficient (Wildman–Crippen LogP) is 3.72. The van der Waals surface area contributed by atoms with E-state index in [1.165, 1.54) is 11.3 Å². The smallest absolute Gasteiger partial charge is 0.212 e. The van der Waals surface area contributed by atoms with Crippen LogP contribution < -0.4 is 5.32 Å². The van der Waals surface area contributed by atoms with Crippen molar-refractivity contribution >= 4 is 38.8 Å². The first-order chi connectivity index (χ1) is 12.5. The number of hydrogen-bond donors (Lipinski definition) is 5. The standard InChI is InChI=1S/C18H13N3O4S/c22-14-6-10(7-15(23)17(14)25)16(24)13-8-26-18(21-13)20-11-1-2-12-9(5-11)3-4-19-12/h1-8,19,22-23,25H,(H,20,21). The van der Waals surface area contributed by atoms with Gasteiger partial charge in [0, 0.05) is 33.7 Å². The highest BCUT2D eigenvalue weighted by Crippen LogP contribution is 2.36. The number of nitrogens with zero attached hydrogens (tertiary/aromatic N) is 1. The first kappa shape index (κ1) is 16.0. The molecule has 2 aromatic carbocycles. The second kappa shape index (κ2) is 6.08. The summed E-state index contributed by atoms with van der Waals surface area (Å²) in [5, 5.41) is 34.8. The first-order valence-corrected chi connectivity index (χ1v) is 8.48. The molecule has 0 amide bonds. The number of benzene rings is 2. The molecule has 0 aliphatic rings. The number of carbonyl (C=O) groups is 1. The van der Waals surface area contributed by atoms with Gasteiger partial charge in [-0.2, -0.15) is 0 Å². The van der Waals surface area contributed by atoms with E-state index in [1.54, 1.807) is 5.38 Å². The number of anilines is 2. The van der Waals surface area contributed by atoms with Crippen LogP contribution in [0.15, 0.2) is 48.0 Å². The summed E-state index contributed by atoms with van der Waals surface area (Å²) in [7, 11) is 0. The van der Waals surface area contributed by atoms with Gasteiger partial charge in [0.15, 0.2) is 22.4 Å². The van der Waals surface area contributed by atoms with Crippen LogP contribution >= 0.6 is 11.3 Å². The van der Waals surface area contributed by atoms with Gasteiger partial charge in [-0.1, -0.05) is 0 Å². The summed E-state index contributed by atoms with van der Waals surface area (Å²) in [6.45, 7) is 0. The van der Waals surface area contributed by atoms with E-state index < -0.39 is 23.0 Å². The minimum Gasteiger partial charge on any atom is -0.504 e. The number of phenolic OH excluding ortho intramolecular Hbond substituents is 3. The van der Waals surface area contributed by atoms with Crippen LogP contribution in [0.3, 0.4) is 0 Å². The summed E-state index contributed by atoms with van der Waals surface area (Å²) < 4.78 is 0. The molecule has 0 fully saturated rings. The number of aromatic nitrogens is 2. The zero-order chi connectivity index (χ0) is 18.3. The summed E-state index contributed by atoms with van der Waals surface area (Å²) >= 11 is 1.26. The monoisotopic (exact) mass is 367 g/mol. The molecule has 0 radical (unpaired) electrons. The molecular formula is C18H13N3O4S. The quantitative estimate of drug-likeness (QED) is 0.277. The molecule has 4 aromatic rings. The number of hydrogen-bond acceptors (Lipinski definition) is 7. The van der Waals surface area contributed by atoms with Gasteiger partial charge in [-0.25, -0.2) is 4.98 Å². The topological polar surface area (TPSA) is 118 Å². The van der Waals surface area contributed by atoms with Crippen LogP contribution in [0, 0.1) is 0 Å². The maximum absolute atomic E-state index is 12.5. The average molecular weight is 367 g/mol. The van der Waals surface area contributed by atoms with Crippen molar-refractivity contribution in [3.05, 3.63) is 59.2 Å². The fourth-order valence-electron chi connectivity index (χ4n) is 2.57. The lowest BCUT2D eigenvalue weighted by atomic mass is 10.1. The largest absolute Gasteiger partial charge is 0.504 e. The minimum absolute atomic E-state index is 0.0309. The number of ketones is 1. The molecule has 0 bridgehead atoms. The second-order valence-electron chi connectivity index (χ2n) is 5.63. The molecule has 5 N–H and O–H groups in total. The van der Waals surface area contributed by atoms with E-state index in [0.29, 0.717) is 5.13 Å². The molecule has 130 valence electrons. The number of carbonyl (C=O) groups excluding carboxylic acids is 1. The van der Waals surface area contributed by atoms with Crippen LogP contribution in [-0.2, 0) is 0 Å². The maximum Gasteiger partial charge on any atom is 0.212 e. The molecule has 26 heavy (non-hydrogen) atoms. The van der Waals surface area contributed by atoms with Crippen LogP contribution in [0.25, 0.3) is 10.9 Å². The fourth-order valence-corrected chi connectivity index (χ4v) is 3.28. The van der Waals surface area contributed by atoms with Gasteiger partial charge in [0.05, 0.1) is 0 Å². The van der Waals surface area contributed by atoms with Gasteiger partial charge in [-0.05, 0) is 36.4 Å². The normalized spacial score (nSPS) is 10.9. The molecule has 4 rings (SSSR count). The van der Waals surface area contributed by atoms with Gasteiger partial charge in [0.2, 0.25) is 5.78 Å². The Morgan fingerprint density at radius 2 is 1.85 bits per heavy atom. The number of aromatic amines is 1. The van der Waals surface area contributed by atoms with E-state index in [-0.39, 0.29) is 11.3 Å². The lowest BCUT2D eigenvalue weighted by molar-refractivity contribution is 0.103. The summed E-state index contributed by atoms with van der Waals surface area (Å²) in [5.41, 5.74) is 2.07. The predicted molar refractivity (Wildman–Crippen MR) is 98.6 cm³/mol. The van der Waals surface area contributed by atoms with Crippen molar-refractivity contribution < 1.29 is 20.1 Å². The summed E-state index contributed by atoms with van der Waals surface area (Å²) in [4.78, 5) is 19.8. The van der Waals surface area contributed by atoms with Gasteiger partial charge in [-0.3, -0.25) is 4.79 Å². The molecule has 0 unspecified atom stereocenters. The van der Waals surface area contributed by atoms with Crippen LogP contribution in [0.5, 0.6) is 17.2 Å². The highest BCUT2D eigenvalue weighted by molar-refractivity contribution is 7.14. The number of phenols is 3. The van der Waals surface area contributed by atoms with Crippen LogP contribution in [0.4, 0.5) is 10.8 Å². The Morgan fingerprint density at radius 3 is 2.62 bits per heavy atom.